The van der Waals surface area contributed by atoms with E-state index < -0.39 is 23.4 Å². The molecule has 4 rings (SSSR count). The molecule has 38 heavy (non-hydrogen) atoms. The summed E-state index contributed by atoms with van der Waals surface area (Å²) in [6.45, 7) is 3.63. The van der Waals surface area contributed by atoms with Gasteiger partial charge < -0.3 is 15.2 Å². The van der Waals surface area contributed by atoms with Crippen molar-refractivity contribution >= 4 is 64.3 Å². The molecule has 7 nitrogen and oxygen atoms in total. The number of rotatable bonds is 8. The van der Waals surface area contributed by atoms with Crippen LogP contribution in [0.4, 0.5) is 0 Å². The molecule has 2 heterocycles. The minimum absolute atomic E-state index is 0.0371. The van der Waals surface area contributed by atoms with Crippen molar-refractivity contribution < 1.29 is 19.1 Å². The van der Waals surface area contributed by atoms with Gasteiger partial charge in [-0.1, -0.05) is 24.3 Å². The second-order valence-corrected chi connectivity index (χ2v) is 11.0. The van der Waals surface area contributed by atoms with Crippen molar-refractivity contribution in [1.29, 1.82) is 0 Å². The number of thioether (sulfide) groups is 2. The molecule has 1 aliphatic heterocycles. The standard InChI is InChI=1S/C28H28N2O5S3/c1-5-34-27(32)22-21(17-9-13-19(37-4)14-10-17)23(28(33)35-6-2)26-30(24(22)29)25(31)20(38-26)15-16-7-11-18(36-3)12-8-16/h7-15,21H,5-6,29H2,1-4H3/b20-15-. The third kappa shape index (κ3) is 5.34. The second kappa shape index (κ2) is 12.1. The third-order valence-corrected chi connectivity index (χ3v) is 8.60. The van der Waals surface area contributed by atoms with Crippen LogP contribution in [0.15, 0.2) is 68.7 Å². The lowest BCUT2D eigenvalue weighted by Crippen LogP contribution is -2.42. The van der Waals surface area contributed by atoms with Gasteiger partial charge in [0.25, 0.3) is 5.56 Å². The van der Waals surface area contributed by atoms with E-state index in [9.17, 15) is 14.4 Å². The number of hydrogen-bond acceptors (Lipinski definition) is 9. The first kappa shape index (κ1) is 27.8. The van der Waals surface area contributed by atoms with Crippen LogP contribution in [0.5, 0.6) is 0 Å². The van der Waals surface area contributed by atoms with Crippen LogP contribution in [0, 0.1) is 0 Å². The average Bonchev–Trinajstić information content (AvgIpc) is 3.24. The van der Waals surface area contributed by atoms with Gasteiger partial charge in [0.2, 0.25) is 0 Å². The fourth-order valence-electron chi connectivity index (χ4n) is 4.24. The number of aromatic nitrogens is 1. The molecule has 0 saturated carbocycles. The lowest BCUT2D eigenvalue weighted by molar-refractivity contribution is -0.138. The van der Waals surface area contributed by atoms with Crippen LogP contribution in [0.25, 0.3) is 17.5 Å². The number of ether oxygens (including phenoxy) is 2. The van der Waals surface area contributed by atoms with E-state index >= 15 is 0 Å². The summed E-state index contributed by atoms with van der Waals surface area (Å²) in [5.41, 5.74) is 7.84. The lowest BCUT2D eigenvalue weighted by atomic mass is 9.83. The normalized spacial score (nSPS) is 15.4. The maximum atomic E-state index is 13.6. The zero-order chi connectivity index (χ0) is 27.4. The highest BCUT2D eigenvalue weighted by Crippen LogP contribution is 2.38. The molecule has 10 heteroatoms. The van der Waals surface area contributed by atoms with Crippen LogP contribution < -0.4 is 20.5 Å². The van der Waals surface area contributed by atoms with Gasteiger partial charge in [0, 0.05) is 9.79 Å². The van der Waals surface area contributed by atoms with Crippen LogP contribution in [0.2, 0.25) is 0 Å². The SMILES string of the molecule is CCOC(=O)C1=C(N)n2c(s/c(=C\c3ccc(SC)cc3)c2=O)=C(C(=O)OCC)C1c1ccc(SC)cc1. The van der Waals surface area contributed by atoms with Gasteiger partial charge in [-0.05, 0) is 67.8 Å². The zero-order valence-electron chi connectivity index (χ0n) is 21.5. The minimum Gasteiger partial charge on any atom is -0.463 e. The number of nitrogens with zero attached hydrogens (tertiary/aromatic N) is 1. The summed E-state index contributed by atoms with van der Waals surface area (Å²) in [4.78, 5) is 42.5. The largest absolute Gasteiger partial charge is 0.463 e. The van der Waals surface area contributed by atoms with Crippen molar-refractivity contribution in [2.45, 2.75) is 29.6 Å². The average molecular weight is 569 g/mol. The summed E-state index contributed by atoms with van der Waals surface area (Å²) < 4.78 is 12.7. The molecule has 0 fully saturated rings. The van der Waals surface area contributed by atoms with Crippen LogP contribution in [0.3, 0.4) is 0 Å². The van der Waals surface area contributed by atoms with Gasteiger partial charge in [0.1, 0.15) is 10.5 Å². The fraction of sp³-hybridized carbons (Fsp3) is 0.250. The van der Waals surface area contributed by atoms with Crippen molar-refractivity contribution in [3.05, 3.63) is 84.8 Å². The highest BCUT2D eigenvalue weighted by Gasteiger charge is 2.39. The number of carbonyl (C=O) groups excluding carboxylic acids is 2. The van der Waals surface area contributed by atoms with E-state index in [1.807, 2.05) is 61.0 Å². The molecule has 1 aromatic heterocycles. The zero-order valence-corrected chi connectivity index (χ0v) is 23.9. The Hall–Kier alpha value is -3.21. The first-order valence-corrected chi connectivity index (χ1v) is 15.2. The van der Waals surface area contributed by atoms with Gasteiger partial charge in [0.15, 0.2) is 0 Å². The Morgan fingerprint density at radius 2 is 1.45 bits per heavy atom. The number of benzene rings is 2. The van der Waals surface area contributed by atoms with Crippen molar-refractivity contribution in [2.24, 2.45) is 5.73 Å². The van der Waals surface area contributed by atoms with E-state index in [0.717, 1.165) is 26.7 Å². The fourth-order valence-corrected chi connectivity index (χ4v) is 6.23. The Labute approximate surface area is 233 Å². The quantitative estimate of drug-likeness (QED) is 0.326. The van der Waals surface area contributed by atoms with Crippen LogP contribution in [-0.4, -0.2) is 42.2 Å². The maximum absolute atomic E-state index is 13.6. The summed E-state index contributed by atoms with van der Waals surface area (Å²) in [5, 5.41) is 0. The first-order chi connectivity index (χ1) is 18.3. The molecule has 2 N–H and O–H groups in total. The van der Waals surface area contributed by atoms with Crippen LogP contribution in [0.1, 0.15) is 30.9 Å². The van der Waals surface area contributed by atoms with E-state index in [-0.39, 0.29) is 30.2 Å². The van der Waals surface area contributed by atoms with Gasteiger partial charge >= 0.3 is 11.9 Å². The molecule has 0 amide bonds. The first-order valence-electron chi connectivity index (χ1n) is 11.9. The molecule has 1 aliphatic rings. The number of carbonyl (C=O) groups is 2. The van der Waals surface area contributed by atoms with Gasteiger partial charge in [-0.25, -0.2) is 9.59 Å². The molecule has 3 aromatic rings. The van der Waals surface area contributed by atoms with E-state index in [1.54, 1.807) is 43.4 Å². The summed E-state index contributed by atoms with van der Waals surface area (Å²) in [7, 11) is 0. The molecular formula is C28H28N2O5S3. The van der Waals surface area contributed by atoms with Crippen molar-refractivity contribution in [3.8, 4) is 0 Å². The highest BCUT2D eigenvalue weighted by molar-refractivity contribution is 7.98. The van der Waals surface area contributed by atoms with E-state index in [2.05, 4.69) is 0 Å². The van der Waals surface area contributed by atoms with Crippen LogP contribution in [-0.2, 0) is 19.1 Å². The van der Waals surface area contributed by atoms with Crippen molar-refractivity contribution in [1.82, 2.24) is 4.57 Å². The Morgan fingerprint density at radius 1 is 0.921 bits per heavy atom. The van der Waals surface area contributed by atoms with E-state index in [0.29, 0.717) is 14.8 Å². The molecule has 1 atom stereocenters. The lowest BCUT2D eigenvalue weighted by Gasteiger charge is -2.27. The summed E-state index contributed by atoms with van der Waals surface area (Å²) in [5.74, 6) is -2.22. The molecule has 1 unspecified atom stereocenters. The smallest absolute Gasteiger partial charge is 0.338 e. The number of hydrogen-bond donors (Lipinski definition) is 1. The van der Waals surface area contributed by atoms with Gasteiger partial charge in [-0.3, -0.25) is 9.36 Å². The summed E-state index contributed by atoms with van der Waals surface area (Å²) in [6, 6.07) is 15.3. The predicted molar refractivity (Wildman–Crippen MR) is 155 cm³/mol. The molecule has 0 spiro atoms. The molecule has 0 radical (unpaired) electrons. The molecule has 2 aromatic carbocycles. The molecule has 0 bridgehead atoms. The predicted octanol–water partition coefficient (Wildman–Crippen LogP) is 3.38. The highest BCUT2D eigenvalue weighted by atomic mass is 32.2. The molecular weight excluding hydrogens is 541 g/mol. The Morgan fingerprint density at radius 3 is 1.97 bits per heavy atom. The van der Waals surface area contributed by atoms with Gasteiger partial charge in [0.05, 0.1) is 34.8 Å². The number of esters is 2. The number of fused-ring (bicyclic) bond motifs is 1. The topological polar surface area (TPSA) is 101 Å². The van der Waals surface area contributed by atoms with Gasteiger partial charge in [-0.2, -0.15) is 0 Å². The Kier molecular flexibility index (Phi) is 8.86. The third-order valence-electron chi connectivity index (χ3n) is 6.00. The maximum Gasteiger partial charge on any atom is 0.338 e. The van der Waals surface area contributed by atoms with E-state index in [1.165, 1.54) is 4.57 Å². The monoisotopic (exact) mass is 568 g/mol. The Balaban J connectivity index is 2.06. The van der Waals surface area contributed by atoms with E-state index in [4.69, 9.17) is 15.2 Å². The Bertz CT molecular complexity index is 1570. The van der Waals surface area contributed by atoms with Crippen molar-refractivity contribution in [3.63, 3.8) is 0 Å². The number of nitrogens with two attached hydrogens (primary N) is 1. The summed E-state index contributed by atoms with van der Waals surface area (Å²) in [6.07, 6.45) is 5.71. The minimum atomic E-state index is -0.865. The van der Waals surface area contributed by atoms with Crippen LogP contribution >= 0.6 is 34.9 Å². The molecule has 0 saturated heterocycles. The summed E-state index contributed by atoms with van der Waals surface area (Å²) >= 11 is 4.35. The second-order valence-electron chi connectivity index (χ2n) is 8.19. The van der Waals surface area contributed by atoms with Crippen molar-refractivity contribution in [2.75, 3.05) is 25.7 Å². The molecule has 198 valence electrons. The van der Waals surface area contributed by atoms with Gasteiger partial charge in [-0.15, -0.1) is 34.9 Å². The molecule has 0 aliphatic carbocycles. The number of thiazole rings is 1.